The number of nitrogens with zero attached hydrogens (tertiary/aromatic N) is 1. The van der Waals surface area contributed by atoms with Crippen LogP contribution < -0.4 is 5.84 Å². The Morgan fingerprint density at radius 2 is 1.92 bits per heavy atom. The molecule has 2 N–H and O–H groups in total. The van der Waals surface area contributed by atoms with Gasteiger partial charge < -0.3 is 0 Å². The second-order valence-corrected chi connectivity index (χ2v) is 3.65. The third-order valence-electron chi connectivity index (χ3n) is 2.42. The highest BCUT2D eigenvalue weighted by Crippen LogP contribution is 2.17. The van der Waals surface area contributed by atoms with Gasteiger partial charge in [0.15, 0.2) is 0 Å². The van der Waals surface area contributed by atoms with Crippen molar-refractivity contribution in [3.8, 4) is 0 Å². The van der Waals surface area contributed by atoms with Gasteiger partial charge in [-0.05, 0) is 30.0 Å². The van der Waals surface area contributed by atoms with Gasteiger partial charge in [-0.3, -0.25) is 5.84 Å². The van der Waals surface area contributed by atoms with Gasteiger partial charge in [-0.25, -0.2) is 9.40 Å². The molecule has 3 heteroatoms. The molecular weight excluding hydrogens is 167 g/mol. The Morgan fingerprint density at radius 1 is 1.31 bits per heavy atom. The maximum Gasteiger partial charge on any atom is 0.123 e. The van der Waals surface area contributed by atoms with E-state index in [-0.39, 0.29) is 5.82 Å². The van der Waals surface area contributed by atoms with Gasteiger partial charge in [-0.15, -0.1) is 0 Å². The summed E-state index contributed by atoms with van der Waals surface area (Å²) in [5, 5.41) is 1.80. The van der Waals surface area contributed by atoms with Crippen LogP contribution in [0.15, 0.2) is 24.3 Å². The van der Waals surface area contributed by atoms with Gasteiger partial charge in [0.25, 0.3) is 0 Å². The van der Waals surface area contributed by atoms with Crippen molar-refractivity contribution in [2.75, 3.05) is 13.1 Å². The van der Waals surface area contributed by atoms with Crippen LogP contribution >= 0.6 is 0 Å². The first kappa shape index (κ1) is 8.66. The van der Waals surface area contributed by atoms with E-state index in [1.165, 1.54) is 17.7 Å². The van der Waals surface area contributed by atoms with Gasteiger partial charge in [0.05, 0.1) is 0 Å². The van der Waals surface area contributed by atoms with E-state index in [0.717, 1.165) is 19.5 Å². The molecule has 1 fully saturated rings. The molecule has 0 radical (unpaired) electrons. The standard InChI is InChI=1S/C10H13FN2/c11-10-3-1-8(2-4-10)5-9-6-13(12)7-9/h1-4,9H,5-7,12H2. The fraction of sp³-hybridized carbons (Fsp3) is 0.400. The number of halogens is 1. The molecule has 1 aliphatic heterocycles. The lowest BCUT2D eigenvalue weighted by Gasteiger charge is -2.35. The van der Waals surface area contributed by atoms with E-state index in [4.69, 9.17) is 5.84 Å². The first-order valence-electron chi connectivity index (χ1n) is 4.48. The molecule has 0 aromatic heterocycles. The van der Waals surface area contributed by atoms with Crippen molar-refractivity contribution in [2.24, 2.45) is 11.8 Å². The van der Waals surface area contributed by atoms with E-state index < -0.39 is 0 Å². The van der Waals surface area contributed by atoms with E-state index in [2.05, 4.69) is 0 Å². The number of hydrogen-bond acceptors (Lipinski definition) is 2. The summed E-state index contributed by atoms with van der Waals surface area (Å²) in [6.07, 6.45) is 1.01. The third-order valence-corrected chi connectivity index (χ3v) is 2.42. The molecule has 0 bridgehead atoms. The molecule has 70 valence electrons. The maximum atomic E-state index is 12.6. The van der Waals surface area contributed by atoms with E-state index in [1.54, 1.807) is 5.01 Å². The summed E-state index contributed by atoms with van der Waals surface area (Å²) in [4.78, 5) is 0. The van der Waals surface area contributed by atoms with Gasteiger partial charge in [0.1, 0.15) is 5.82 Å². The van der Waals surface area contributed by atoms with E-state index in [0.29, 0.717) is 5.92 Å². The Labute approximate surface area is 77.1 Å². The summed E-state index contributed by atoms with van der Waals surface area (Å²) in [5.41, 5.74) is 1.19. The van der Waals surface area contributed by atoms with Crippen molar-refractivity contribution in [3.05, 3.63) is 35.6 Å². The lowest BCUT2D eigenvalue weighted by Crippen LogP contribution is -2.51. The summed E-state index contributed by atoms with van der Waals surface area (Å²) in [6, 6.07) is 6.70. The number of hydrogen-bond donors (Lipinski definition) is 1. The van der Waals surface area contributed by atoms with Crippen LogP contribution in [-0.2, 0) is 6.42 Å². The van der Waals surface area contributed by atoms with Crippen LogP contribution in [-0.4, -0.2) is 18.1 Å². The molecule has 2 nitrogen and oxygen atoms in total. The van der Waals surface area contributed by atoms with Crippen LogP contribution in [0.4, 0.5) is 4.39 Å². The van der Waals surface area contributed by atoms with Crippen LogP contribution in [0.3, 0.4) is 0 Å². The molecule has 1 aromatic carbocycles. The highest BCUT2D eigenvalue weighted by atomic mass is 19.1. The smallest absolute Gasteiger partial charge is 0.123 e. The maximum absolute atomic E-state index is 12.6. The highest BCUT2D eigenvalue weighted by molar-refractivity contribution is 5.17. The summed E-state index contributed by atoms with van der Waals surface area (Å²) in [5.74, 6) is 6.00. The lowest BCUT2D eigenvalue weighted by atomic mass is 9.94. The number of rotatable bonds is 2. The quantitative estimate of drug-likeness (QED) is 0.692. The van der Waals surface area contributed by atoms with Crippen molar-refractivity contribution < 1.29 is 4.39 Å². The molecule has 1 heterocycles. The van der Waals surface area contributed by atoms with Gasteiger partial charge in [0.2, 0.25) is 0 Å². The fourth-order valence-corrected chi connectivity index (χ4v) is 1.69. The lowest BCUT2D eigenvalue weighted by molar-refractivity contribution is 0.102. The fourth-order valence-electron chi connectivity index (χ4n) is 1.69. The Bertz CT molecular complexity index is 277. The SMILES string of the molecule is NN1CC(Cc2ccc(F)cc2)C1. The van der Waals surface area contributed by atoms with Crippen molar-refractivity contribution in [1.82, 2.24) is 5.01 Å². The molecule has 2 rings (SSSR count). The summed E-state index contributed by atoms with van der Waals surface area (Å²) in [7, 11) is 0. The number of nitrogens with two attached hydrogens (primary N) is 1. The monoisotopic (exact) mass is 180 g/mol. The molecule has 1 aliphatic rings. The Morgan fingerprint density at radius 3 is 2.46 bits per heavy atom. The third kappa shape index (κ3) is 2.05. The summed E-state index contributed by atoms with van der Waals surface area (Å²) in [6.45, 7) is 1.91. The molecule has 0 saturated carbocycles. The average molecular weight is 180 g/mol. The van der Waals surface area contributed by atoms with Crippen molar-refractivity contribution >= 4 is 0 Å². The minimum Gasteiger partial charge on any atom is -0.269 e. The summed E-state index contributed by atoms with van der Waals surface area (Å²) < 4.78 is 12.6. The molecule has 0 spiro atoms. The van der Waals surface area contributed by atoms with Crippen molar-refractivity contribution in [3.63, 3.8) is 0 Å². The van der Waals surface area contributed by atoms with E-state index in [9.17, 15) is 4.39 Å². The van der Waals surface area contributed by atoms with Crippen molar-refractivity contribution in [1.29, 1.82) is 0 Å². The van der Waals surface area contributed by atoms with Crippen LogP contribution in [0.5, 0.6) is 0 Å². The molecule has 0 atom stereocenters. The van der Waals surface area contributed by atoms with Crippen LogP contribution in [0.2, 0.25) is 0 Å². The second kappa shape index (κ2) is 3.44. The molecule has 0 unspecified atom stereocenters. The molecule has 0 aliphatic carbocycles. The molecule has 1 aromatic rings. The Balaban J connectivity index is 1.91. The predicted octanol–water partition coefficient (Wildman–Crippen LogP) is 1.17. The van der Waals surface area contributed by atoms with Crippen LogP contribution in [0.25, 0.3) is 0 Å². The topological polar surface area (TPSA) is 29.3 Å². The minimum atomic E-state index is -0.169. The van der Waals surface area contributed by atoms with E-state index >= 15 is 0 Å². The van der Waals surface area contributed by atoms with Gasteiger partial charge in [-0.1, -0.05) is 12.1 Å². The molecule has 0 amide bonds. The summed E-state index contributed by atoms with van der Waals surface area (Å²) >= 11 is 0. The largest absolute Gasteiger partial charge is 0.269 e. The zero-order valence-electron chi connectivity index (χ0n) is 7.41. The Hall–Kier alpha value is -0.930. The molecular formula is C10H13FN2. The first-order chi connectivity index (χ1) is 6.24. The Kier molecular flexibility index (Phi) is 2.29. The molecule has 13 heavy (non-hydrogen) atoms. The highest BCUT2D eigenvalue weighted by Gasteiger charge is 2.23. The van der Waals surface area contributed by atoms with Crippen LogP contribution in [0.1, 0.15) is 5.56 Å². The van der Waals surface area contributed by atoms with Crippen LogP contribution in [0, 0.1) is 11.7 Å². The predicted molar refractivity (Wildman–Crippen MR) is 49.4 cm³/mol. The normalized spacial score (nSPS) is 18.6. The van der Waals surface area contributed by atoms with Gasteiger partial charge >= 0.3 is 0 Å². The molecule has 1 saturated heterocycles. The van der Waals surface area contributed by atoms with Gasteiger partial charge in [0, 0.05) is 13.1 Å². The zero-order valence-corrected chi connectivity index (χ0v) is 7.41. The number of hydrazine groups is 1. The number of benzene rings is 1. The van der Waals surface area contributed by atoms with E-state index in [1.807, 2.05) is 12.1 Å². The first-order valence-corrected chi connectivity index (χ1v) is 4.48. The van der Waals surface area contributed by atoms with Gasteiger partial charge in [-0.2, -0.15) is 0 Å². The zero-order chi connectivity index (χ0) is 9.26. The average Bonchev–Trinajstić information content (AvgIpc) is 2.06. The minimum absolute atomic E-state index is 0.169. The second-order valence-electron chi connectivity index (χ2n) is 3.65. The van der Waals surface area contributed by atoms with Crippen molar-refractivity contribution in [2.45, 2.75) is 6.42 Å².